The van der Waals surface area contributed by atoms with Gasteiger partial charge in [-0.3, -0.25) is 9.69 Å². The molecule has 1 unspecified atom stereocenters. The van der Waals surface area contributed by atoms with Crippen LogP contribution in [0.3, 0.4) is 0 Å². The van der Waals surface area contributed by atoms with Crippen molar-refractivity contribution >= 4 is 28.1 Å². The molecule has 26 heavy (non-hydrogen) atoms. The van der Waals surface area contributed by atoms with Gasteiger partial charge >= 0.3 is 0 Å². The number of thiophene rings is 1. The minimum atomic E-state index is -0.441. The number of hydrogen-bond donors (Lipinski definition) is 2. The van der Waals surface area contributed by atoms with Gasteiger partial charge in [-0.15, -0.1) is 11.3 Å². The van der Waals surface area contributed by atoms with E-state index in [4.69, 9.17) is 0 Å². The number of carbonyl (C=O) groups excluding carboxylic acids is 1. The number of nitrogens with zero attached hydrogens (tertiary/aromatic N) is 2. The lowest BCUT2D eigenvalue weighted by Crippen LogP contribution is -2.49. The van der Waals surface area contributed by atoms with Crippen molar-refractivity contribution in [1.29, 1.82) is 0 Å². The van der Waals surface area contributed by atoms with Gasteiger partial charge in [0.2, 0.25) is 5.91 Å². The van der Waals surface area contributed by atoms with Crippen LogP contribution in [0.5, 0.6) is 0 Å². The van der Waals surface area contributed by atoms with Crippen molar-refractivity contribution in [3.63, 3.8) is 0 Å². The number of β-amino-alcohol motifs (C(OH)–C–C–N with tert-alkyl or cyclic N) is 1. The Balaban J connectivity index is 1.31. The molecule has 1 fully saturated rings. The van der Waals surface area contributed by atoms with Gasteiger partial charge in [-0.25, -0.2) is 0 Å². The second-order valence-electron chi connectivity index (χ2n) is 6.75. The summed E-state index contributed by atoms with van der Waals surface area (Å²) in [7, 11) is 0. The van der Waals surface area contributed by atoms with Crippen LogP contribution >= 0.6 is 11.3 Å². The van der Waals surface area contributed by atoms with E-state index < -0.39 is 6.10 Å². The maximum Gasteiger partial charge on any atom is 0.227 e. The van der Waals surface area contributed by atoms with Gasteiger partial charge in [0.25, 0.3) is 0 Å². The zero-order chi connectivity index (χ0) is 17.9. The van der Waals surface area contributed by atoms with Crippen LogP contribution in [0.15, 0.2) is 48.0 Å². The molecule has 1 amide bonds. The van der Waals surface area contributed by atoms with Crippen LogP contribution in [0, 0.1) is 0 Å². The molecule has 3 heterocycles. The minimum absolute atomic E-state index is 0.174. The Morgan fingerprint density at radius 3 is 2.73 bits per heavy atom. The Kier molecular flexibility index (Phi) is 5.06. The van der Waals surface area contributed by atoms with Gasteiger partial charge in [0.05, 0.1) is 6.42 Å². The molecular formula is C20H23N3O2S. The lowest BCUT2D eigenvalue weighted by atomic mass is 10.1. The summed E-state index contributed by atoms with van der Waals surface area (Å²) in [6.45, 7) is 3.69. The van der Waals surface area contributed by atoms with Crippen molar-refractivity contribution in [3.8, 4) is 0 Å². The summed E-state index contributed by atoms with van der Waals surface area (Å²) in [6.07, 6.45) is 1.93. The third-order valence-corrected chi connectivity index (χ3v) is 6.02. The maximum atomic E-state index is 12.7. The zero-order valence-corrected chi connectivity index (χ0v) is 15.4. The molecule has 136 valence electrons. The zero-order valence-electron chi connectivity index (χ0n) is 14.6. The molecule has 6 heteroatoms. The van der Waals surface area contributed by atoms with Crippen LogP contribution in [0.4, 0.5) is 0 Å². The fourth-order valence-corrected chi connectivity index (χ4v) is 4.25. The molecule has 1 saturated heterocycles. The van der Waals surface area contributed by atoms with E-state index in [2.05, 4.69) is 16.0 Å². The standard InChI is InChI=1S/C20H23N3O2S/c24-18(19-6-3-11-26-19)14-22-7-9-23(10-8-22)20(25)12-15-13-21-17-5-2-1-4-16(15)17/h1-6,11,13,18,21,24H,7-10,12,14H2. The molecule has 4 rings (SSSR count). The number of nitrogens with one attached hydrogen (secondary N) is 1. The third-order valence-electron chi connectivity index (χ3n) is 5.04. The van der Waals surface area contributed by atoms with Crippen LogP contribution in [-0.2, 0) is 11.2 Å². The number of para-hydroxylation sites is 1. The van der Waals surface area contributed by atoms with Gasteiger partial charge in [-0.2, -0.15) is 0 Å². The average Bonchev–Trinajstić information content (AvgIpc) is 3.33. The molecule has 0 saturated carbocycles. The summed E-state index contributed by atoms with van der Waals surface area (Å²) in [5.41, 5.74) is 2.13. The minimum Gasteiger partial charge on any atom is -0.386 e. The van der Waals surface area contributed by atoms with E-state index in [0.717, 1.165) is 47.5 Å². The van der Waals surface area contributed by atoms with Crippen LogP contribution in [0.1, 0.15) is 16.5 Å². The van der Waals surface area contributed by atoms with Crippen molar-refractivity contribution in [1.82, 2.24) is 14.8 Å². The summed E-state index contributed by atoms with van der Waals surface area (Å²) < 4.78 is 0. The number of H-pyrrole nitrogens is 1. The van der Waals surface area contributed by atoms with Crippen LogP contribution in [0.25, 0.3) is 10.9 Å². The summed E-state index contributed by atoms with van der Waals surface area (Å²) in [4.78, 5) is 21.1. The van der Waals surface area contributed by atoms with E-state index in [0.29, 0.717) is 13.0 Å². The molecule has 3 aromatic rings. The average molecular weight is 369 g/mol. The number of amides is 1. The fraction of sp³-hybridized carbons (Fsp3) is 0.350. The van der Waals surface area contributed by atoms with Gasteiger partial charge < -0.3 is 15.0 Å². The largest absolute Gasteiger partial charge is 0.386 e. The Labute approximate surface area is 156 Å². The topological polar surface area (TPSA) is 59.6 Å². The van der Waals surface area contributed by atoms with E-state index in [9.17, 15) is 9.90 Å². The first kappa shape index (κ1) is 17.3. The summed E-state index contributed by atoms with van der Waals surface area (Å²) in [6, 6.07) is 12.0. The number of fused-ring (bicyclic) bond motifs is 1. The molecule has 2 N–H and O–H groups in total. The van der Waals surface area contributed by atoms with Crippen molar-refractivity contribution < 1.29 is 9.90 Å². The molecule has 0 aliphatic carbocycles. The van der Waals surface area contributed by atoms with Crippen molar-refractivity contribution in [2.24, 2.45) is 0 Å². The Morgan fingerprint density at radius 1 is 1.15 bits per heavy atom. The van der Waals surface area contributed by atoms with Crippen molar-refractivity contribution in [2.75, 3.05) is 32.7 Å². The molecule has 1 aromatic carbocycles. The molecule has 1 atom stereocenters. The predicted molar refractivity (Wildman–Crippen MR) is 104 cm³/mol. The highest BCUT2D eigenvalue weighted by Crippen LogP contribution is 2.21. The lowest BCUT2D eigenvalue weighted by Gasteiger charge is -2.35. The molecule has 5 nitrogen and oxygen atoms in total. The number of aromatic amines is 1. The molecule has 0 radical (unpaired) electrons. The van der Waals surface area contributed by atoms with Gasteiger partial charge in [0.1, 0.15) is 6.10 Å². The fourth-order valence-electron chi connectivity index (χ4n) is 3.55. The molecule has 1 aliphatic rings. The Hall–Kier alpha value is -2.15. The van der Waals surface area contributed by atoms with Crippen LogP contribution in [0.2, 0.25) is 0 Å². The number of aromatic nitrogens is 1. The summed E-state index contributed by atoms with van der Waals surface area (Å²) in [5.74, 6) is 0.174. The number of rotatable bonds is 5. The summed E-state index contributed by atoms with van der Waals surface area (Å²) in [5, 5.41) is 13.4. The summed E-state index contributed by atoms with van der Waals surface area (Å²) >= 11 is 1.58. The second kappa shape index (κ2) is 7.61. The maximum absolute atomic E-state index is 12.7. The predicted octanol–water partition coefficient (Wildman–Crippen LogP) is 2.65. The number of aliphatic hydroxyl groups excluding tert-OH is 1. The van der Waals surface area contributed by atoms with E-state index in [-0.39, 0.29) is 5.91 Å². The molecule has 2 aromatic heterocycles. The molecule has 0 spiro atoms. The van der Waals surface area contributed by atoms with E-state index in [1.54, 1.807) is 11.3 Å². The Bertz CT molecular complexity index is 866. The van der Waals surface area contributed by atoms with Crippen LogP contribution < -0.4 is 0 Å². The van der Waals surface area contributed by atoms with E-state index >= 15 is 0 Å². The van der Waals surface area contributed by atoms with Gasteiger partial charge in [0.15, 0.2) is 0 Å². The highest BCUT2D eigenvalue weighted by atomic mass is 32.1. The lowest BCUT2D eigenvalue weighted by molar-refractivity contribution is -0.132. The quantitative estimate of drug-likeness (QED) is 0.727. The highest BCUT2D eigenvalue weighted by molar-refractivity contribution is 7.10. The van der Waals surface area contributed by atoms with Gasteiger partial charge in [-0.1, -0.05) is 24.3 Å². The third kappa shape index (κ3) is 3.67. The number of hydrogen-bond acceptors (Lipinski definition) is 4. The van der Waals surface area contributed by atoms with Gasteiger partial charge in [-0.05, 0) is 23.1 Å². The van der Waals surface area contributed by atoms with Crippen LogP contribution in [-0.4, -0.2) is 58.5 Å². The first-order chi connectivity index (χ1) is 12.7. The first-order valence-corrected chi connectivity index (χ1v) is 9.85. The van der Waals surface area contributed by atoms with E-state index in [1.807, 2.05) is 46.8 Å². The highest BCUT2D eigenvalue weighted by Gasteiger charge is 2.23. The number of carbonyl (C=O) groups is 1. The van der Waals surface area contributed by atoms with Crippen molar-refractivity contribution in [3.05, 3.63) is 58.4 Å². The monoisotopic (exact) mass is 369 g/mol. The SMILES string of the molecule is O=C(Cc1c[nH]c2ccccc12)N1CCN(CC(O)c2cccs2)CC1. The second-order valence-corrected chi connectivity index (χ2v) is 7.73. The Morgan fingerprint density at radius 2 is 1.96 bits per heavy atom. The first-order valence-electron chi connectivity index (χ1n) is 8.97. The molecular weight excluding hydrogens is 346 g/mol. The number of aliphatic hydroxyl groups is 1. The normalized spacial score (nSPS) is 16.9. The molecule has 1 aliphatic heterocycles. The molecule has 0 bridgehead atoms. The number of piperazine rings is 1. The van der Waals surface area contributed by atoms with Gasteiger partial charge in [0, 0.05) is 54.7 Å². The number of benzene rings is 1. The van der Waals surface area contributed by atoms with E-state index in [1.165, 1.54) is 0 Å². The van der Waals surface area contributed by atoms with Crippen molar-refractivity contribution in [2.45, 2.75) is 12.5 Å². The smallest absolute Gasteiger partial charge is 0.227 e.